The normalized spacial score (nSPS) is 11.8. The highest BCUT2D eigenvalue weighted by atomic mass is 79.9. The van der Waals surface area contributed by atoms with E-state index >= 15 is 0 Å². The molecule has 5 nitrogen and oxygen atoms in total. The molecule has 0 aliphatic rings. The van der Waals surface area contributed by atoms with Crippen LogP contribution in [0.15, 0.2) is 6.20 Å². The molecule has 0 amide bonds. The third kappa shape index (κ3) is 3.06. The molecular formula is C11H18BrN3O2. The number of alkyl halides is 1. The molecule has 0 aliphatic carbocycles. The lowest BCUT2D eigenvalue weighted by Crippen LogP contribution is -2.27. The van der Waals surface area contributed by atoms with Gasteiger partial charge >= 0.3 is 5.82 Å². The highest BCUT2D eigenvalue weighted by molar-refractivity contribution is 9.09. The van der Waals surface area contributed by atoms with Crippen molar-refractivity contribution >= 4 is 21.7 Å². The number of nitrogens with zero attached hydrogens (tertiary/aromatic N) is 3. The highest BCUT2D eigenvalue weighted by Crippen LogP contribution is 2.31. The molecule has 0 N–H and O–H groups in total. The third-order valence-electron chi connectivity index (χ3n) is 3.37. The van der Waals surface area contributed by atoms with Crippen molar-refractivity contribution < 1.29 is 4.92 Å². The Morgan fingerprint density at radius 1 is 1.53 bits per heavy atom. The molecule has 0 atom stereocenters. The van der Waals surface area contributed by atoms with E-state index in [1.54, 1.807) is 17.8 Å². The molecule has 0 unspecified atom stereocenters. The molecule has 1 rings (SSSR count). The Hall–Kier alpha value is -0.910. The minimum Gasteiger partial charge on any atom is -0.358 e. The van der Waals surface area contributed by atoms with Crippen molar-refractivity contribution in [3.63, 3.8) is 0 Å². The van der Waals surface area contributed by atoms with E-state index in [4.69, 9.17) is 0 Å². The second kappa shape index (κ2) is 5.62. The van der Waals surface area contributed by atoms with Gasteiger partial charge in [0, 0.05) is 10.7 Å². The van der Waals surface area contributed by atoms with Gasteiger partial charge in [-0.3, -0.25) is 0 Å². The summed E-state index contributed by atoms with van der Waals surface area (Å²) in [6, 6.07) is 0. The van der Waals surface area contributed by atoms with Gasteiger partial charge in [-0.05, 0) is 24.7 Å². The molecule has 96 valence electrons. The van der Waals surface area contributed by atoms with Gasteiger partial charge in [0.25, 0.3) is 0 Å². The smallest absolute Gasteiger partial charge is 0.358 e. The van der Waals surface area contributed by atoms with E-state index in [1.807, 2.05) is 0 Å². The number of aromatic nitrogens is 2. The van der Waals surface area contributed by atoms with Crippen molar-refractivity contribution in [2.75, 3.05) is 5.33 Å². The Balaban J connectivity index is 2.95. The van der Waals surface area contributed by atoms with E-state index in [9.17, 15) is 10.1 Å². The molecule has 0 bridgehead atoms. The Morgan fingerprint density at radius 3 is 2.47 bits per heavy atom. The zero-order valence-electron chi connectivity index (χ0n) is 10.4. The predicted molar refractivity (Wildman–Crippen MR) is 70.4 cm³/mol. The number of rotatable bonds is 6. The van der Waals surface area contributed by atoms with Crippen molar-refractivity contribution in [1.82, 2.24) is 9.78 Å². The largest absolute Gasteiger partial charge is 0.392 e. The number of nitro groups is 1. The van der Waals surface area contributed by atoms with E-state index in [1.165, 1.54) is 0 Å². The first-order chi connectivity index (χ1) is 7.98. The van der Waals surface area contributed by atoms with Gasteiger partial charge in [-0.25, -0.2) is 0 Å². The molecule has 1 heterocycles. The van der Waals surface area contributed by atoms with Gasteiger partial charge in [0.15, 0.2) is 0 Å². The summed E-state index contributed by atoms with van der Waals surface area (Å²) >= 11 is 3.53. The Bertz CT molecular complexity index is 391. The summed E-state index contributed by atoms with van der Waals surface area (Å²) in [5.74, 6) is -0.0410. The van der Waals surface area contributed by atoms with Crippen molar-refractivity contribution in [1.29, 1.82) is 0 Å². The monoisotopic (exact) mass is 303 g/mol. The van der Waals surface area contributed by atoms with Crippen LogP contribution in [-0.4, -0.2) is 20.0 Å². The average molecular weight is 304 g/mol. The van der Waals surface area contributed by atoms with E-state index in [2.05, 4.69) is 34.9 Å². The minimum atomic E-state index is -0.431. The van der Waals surface area contributed by atoms with E-state index < -0.39 is 4.92 Å². The molecule has 6 heteroatoms. The molecule has 0 radical (unpaired) electrons. The van der Waals surface area contributed by atoms with Crippen LogP contribution in [0.4, 0.5) is 5.82 Å². The van der Waals surface area contributed by atoms with Gasteiger partial charge in [0.05, 0.1) is 23.4 Å². The summed E-state index contributed by atoms with van der Waals surface area (Å²) in [6.07, 6.45) is 3.78. The topological polar surface area (TPSA) is 61.0 Å². The molecule has 0 aliphatic heterocycles. The summed E-state index contributed by atoms with van der Waals surface area (Å²) in [4.78, 5) is 10.3. The van der Waals surface area contributed by atoms with Crippen LogP contribution in [0.1, 0.15) is 32.3 Å². The molecular weight excluding hydrogens is 286 g/mol. The Labute approximate surface area is 109 Å². The second-order valence-corrected chi connectivity index (χ2v) is 4.99. The first kappa shape index (κ1) is 14.2. The molecule has 0 fully saturated rings. The fourth-order valence-electron chi connectivity index (χ4n) is 1.82. The van der Waals surface area contributed by atoms with Crippen molar-refractivity contribution in [3.8, 4) is 0 Å². The number of halogens is 1. The lowest BCUT2D eigenvalue weighted by Gasteiger charge is -2.27. The van der Waals surface area contributed by atoms with Crippen LogP contribution in [0.25, 0.3) is 0 Å². The Kier molecular flexibility index (Phi) is 4.68. The zero-order valence-corrected chi connectivity index (χ0v) is 12.0. The summed E-state index contributed by atoms with van der Waals surface area (Å²) < 4.78 is 1.70. The van der Waals surface area contributed by atoms with Crippen molar-refractivity contribution in [2.24, 2.45) is 5.41 Å². The summed E-state index contributed by atoms with van der Waals surface area (Å²) in [6.45, 7) is 6.69. The minimum absolute atomic E-state index is 0.0410. The van der Waals surface area contributed by atoms with Crippen LogP contribution in [-0.2, 0) is 6.54 Å². The first-order valence-electron chi connectivity index (χ1n) is 5.72. The third-order valence-corrected chi connectivity index (χ3v) is 4.56. The van der Waals surface area contributed by atoms with Crippen LogP contribution in [0.2, 0.25) is 0 Å². The van der Waals surface area contributed by atoms with Gasteiger partial charge in [-0.1, -0.05) is 29.8 Å². The first-order valence-corrected chi connectivity index (χ1v) is 6.84. The molecule has 0 aromatic carbocycles. The summed E-state index contributed by atoms with van der Waals surface area (Å²) in [5, 5.41) is 15.6. The molecule has 1 aromatic rings. The SMILES string of the molecule is CCC(CC)(CBr)Cn1cc(C)c([N+](=O)[O-])n1. The van der Waals surface area contributed by atoms with Crippen LogP contribution in [0.5, 0.6) is 0 Å². The number of aryl methyl sites for hydroxylation is 1. The fraction of sp³-hybridized carbons (Fsp3) is 0.727. The molecule has 0 saturated carbocycles. The Morgan fingerprint density at radius 2 is 2.12 bits per heavy atom. The summed E-state index contributed by atoms with van der Waals surface area (Å²) in [7, 11) is 0. The van der Waals surface area contributed by atoms with Crippen molar-refractivity contribution in [2.45, 2.75) is 40.2 Å². The standard InChI is InChI=1S/C11H18BrN3O2/c1-4-11(5-2,7-12)8-14-6-9(3)10(13-14)15(16)17/h6H,4-5,7-8H2,1-3H3. The quantitative estimate of drug-likeness (QED) is 0.460. The van der Waals surface area contributed by atoms with Crippen LogP contribution < -0.4 is 0 Å². The molecule has 1 aromatic heterocycles. The van der Waals surface area contributed by atoms with Gasteiger partial charge < -0.3 is 10.1 Å². The van der Waals surface area contributed by atoms with E-state index in [0.717, 1.165) is 18.2 Å². The van der Waals surface area contributed by atoms with Crippen LogP contribution in [0.3, 0.4) is 0 Å². The van der Waals surface area contributed by atoms with Gasteiger partial charge in [0.2, 0.25) is 0 Å². The van der Waals surface area contributed by atoms with Gasteiger partial charge in [-0.2, -0.15) is 4.68 Å². The van der Waals surface area contributed by atoms with Crippen molar-refractivity contribution in [3.05, 3.63) is 21.9 Å². The average Bonchev–Trinajstić information content (AvgIpc) is 2.67. The lowest BCUT2D eigenvalue weighted by molar-refractivity contribution is -0.390. The lowest BCUT2D eigenvalue weighted by atomic mass is 9.85. The van der Waals surface area contributed by atoms with E-state index in [0.29, 0.717) is 12.1 Å². The molecule has 0 spiro atoms. The second-order valence-electron chi connectivity index (χ2n) is 4.43. The van der Waals surface area contributed by atoms with Crippen LogP contribution >= 0.6 is 15.9 Å². The predicted octanol–water partition coefficient (Wildman–Crippen LogP) is 3.30. The summed E-state index contributed by atoms with van der Waals surface area (Å²) in [5.41, 5.74) is 0.734. The van der Waals surface area contributed by atoms with Gasteiger partial charge in [-0.15, -0.1) is 0 Å². The van der Waals surface area contributed by atoms with E-state index in [-0.39, 0.29) is 11.2 Å². The fourth-order valence-corrected chi connectivity index (χ4v) is 2.79. The van der Waals surface area contributed by atoms with Crippen LogP contribution in [0, 0.1) is 22.5 Å². The maximum Gasteiger partial charge on any atom is 0.392 e. The number of hydrogen-bond donors (Lipinski definition) is 0. The maximum absolute atomic E-state index is 10.7. The highest BCUT2D eigenvalue weighted by Gasteiger charge is 2.28. The maximum atomic E-state index is 10.7. The molecule has 17 heavy (non-hydrogen) atoms. The molecule has 0 saturated heterocycles. The number of hydrogen-bond acceptors (Lipinski definition) is 3. The van der Waals surface area contributed by atoms with Gasteiger partial charge in [0.1, 0.15) is 0 Å². The zero-order chi connectivity index (χ0) is 13.1.